The molecular formula is C22H27N3O3. The first kappa shape index (κ1) is 18.7. The Morgan fingerprint density at radius 1 is 1.21 bits per heavy atom. The Kier molecular flexibility index (Phi) is 4.96. The first-order valence-electron chi connectivity index (χ1n) is 10.2. The normalized spacial score (nSPS) is 25.9. The first-order valence-corrected chi connectivity index (χ1v) is 10.2. The van der Waals surface area contributed by atoms with E-state index in [1.54, 1.807) is 10.9 Å². The molecule has 0 unspecified atom stereocenters. The highest BCUT2D eigenvalue weighted by Gasteiger charge is 2.61. The molecule has 0 saturated carbocycles. The fourth-order valence-corrected chi connectivity index (χ4v) is 4.99. The van der Waals surface area contributed by atoms with Gasteiger partial charge in [-0.15, -0.1) is 0 Å². The number of hydrogen-bond donors (Lipinski definition) is 0. The molecule has 2 aliphatic rings. The summed E-state index contributed by atoms with van der Waals surface area (Å²) in [6.45, 7) is 4.86. The van der Waals surface area contributed by atoms with Crippen LogP contribution in [0.15, 0.2) is 42.7 Å². The van der Waals surface area contributed by atoms with Gasteiger partial charge in [0, 0.05) is 18.3 Å². The van der Waals surface area contributed by atoms with Crippen LogP contribution >= 0.6 is 0 Å². The molecule has 3 atom stereocenters. The summed E-state index contributed by atoms with van der Waals surface area (Å²) in [6.07, 6.45) is 6.67. The van der Waals surface area contributed by atoms with Gasteiger partial charge >= 0.3 is 5.97 Å². The van der Waals surface area contributed by atoms with Gasteiger partial charge in [0.05, 0.1) is 30.3 Å². The van der Waals surface area contributed by atoms with Crippen molar-refractivity contribution in [1.82, 2.24) is 14.7 Å². The molecule has 0 aliphatic carbocycles. The highest BCUT2D eigenvalue weighted by molar-refractivity contribution is 5.95. The third-order valence-electron chi connectivity index (χ3n) is 6.36. The van der Waals surface area contributed by atoms with Crippen LogP contribution in [0.4, 0.5) is 0 Å². The van der Waals surface area contributed by atoms with Crippen LogP contribution in [0.25, 0.3) is 0 Å². The van der Waals surface area contributed by atoms with Crippen LogP contribution in [0.2, 0.25) is 0 Å². The molecular weight excluding hydrogens is 354 g/mol. The van der Waals surface area contributed by atoms with E-state index in [9.17, 15) is 9.59 Å². The minimum absolute atomic E-state index is 0.0218. The maximum absolute atomic E-state index is 13.3. The number of carbonyl (C=O) groups excluding carboxylic acids is 2. The van der Waals surface area contributed by atoms with Crippen molar-refractivity contribution in [2.75, 3.05) is 6.61 Å². The smallest absolute Gasteiger partial charge is 0.314 e. The molecule has 148 valence electrons. The summed E-state index contributed by atoms with van der Waals surface area (Å²) < 4.78 is 7.17. The van der Waals surface area contributed by atoms with Gasteiger partial charge in [-0.05, 0) is 38.2 Å². The number of carbonyl (C=O) groups is 2. The van der Waals surface area contributed by atoms with Gasteiger partial charge in [0.2, 0.25) is 0 Å². The van der Waals surface area contributed by atoms with Crippen LogP contribution in [-0.4, -0.2) is 45.2 Å². The molecule has 2 bridgehead atoms. The number of benzene rings is 1. The maximum atomic E-state index is 13.3. The molecule has 0 N–H and O–H groups in total. The number of aromatic nitrogens is 2. The van der Waals surface area contributed by atoms with E-state index in [2.05, 4.69) is 5.10 Å². The minimum Gasteiger partial charge on any atom is -0.466 e. The molecule has 1 amide bonds. The van der Waals surface area contributed by atoms with Crippen LogP contribution in [0.5, 0.6) is 0 Å². The monoisotopic (exact) mass is 381 g/mol. The molecule has 3 heterocycles. The largest absolute Gasteiger partial charge is 0.466 e. The van der Waals surface area contributed by atoms with Crippen LogP contribution in [-0.2, 0) is 16.1 Å². The summed E-state index contributed by atoms with van der Waals surface area (Å²) in [7, 11) is 0. The molecule has 6 heteroatoms. The van der Waals surface area contributed by atoms with Crippen molar-refractivity contribution in [2.45, 2.75) is 58.2 Å². The van der Waals surface area contributed by atoms with E-state index in [1.165, 1.54) is 0 Å². The number of amides is 1. The van der Waals surface area contributed by atoms with E-state index in [0.29, 0.717) is 31.6 Å². The van der Waals surface area contributed by atoms with Crippen molar-refractivity contribution in [3.8, 4) is 0 Å². The summed E-state index contributed by atoms with van der Waals surface area (Å²) in [5.41, 5.74) is 1.16. The molecule has 2 aliphatic heterocycles. The Hall–Kier alpha value is -2.63. The van der Waals surface area contributed by atoms with Crippen LogP contribution < -0.4 is 0 Å². The second-order valence-electron chi connectivity index (χ2n) is 7.81. The Balaban J connectivity index is 1.53. The molecule has 2 aromatic rings. The third kappa shape index (κ3) is 3.01. The number of hydrogen-bond acceptors (Lipinski definition) is 4. The van der Waals surface area contributed by atoms with Crippen molar-refractivity contribution >= 4 is 11.9 Å². The molecule has 1 aromatic carbocycles. The van der Waals surface area contributed by atoms with Crippen LogP contribution in [0.3, 0.4) is 0 Å². The zero-order valence-electron chi connectivity index (χ0n) is 16.5. The summed E-state index contributed by atoms with van der Waals surface area (Å²) in [4.78, 5) is 27.9. The standard InChI is InChI=1S/C22H27N3O3/c1-3-22(21(27)28-4-2)12-18-10-11-19(22)25(18)20(26)17-13-23-24(15-17)14-16-8-6-5-7-9-16/h5-9,13,15,18-19H,3-4,10-12,14H2,1-2H3/t18-,19+,22+/m1/s1. The second-order valence-corrected chi connectivity index (χ2v) is 7.81. The van der Waals surface area contributed by atoms with Gasteiger partial charge in [-0.1, -0.05) is 37.3 Å². The van der Waals surface area contributed by atoms with Crippen molar-refractivity contribution in [3.05, 3.63) is 53.9 Å². The van der Waals surface area contributed by atoms with E-state index in [1.807, 2.05) is 55.3 Å². The van der Waals surface area contributed by atoms with E-state index in [-0.39, 0.29) is 24.0 Å². The maximum Gasteiger partial charge on any atom is 0.314 e. The molecule has 1 aromatic heterocycles. The Bertz CT molecular complexity index is 863. The summed E-state index contributed by atoms with van der Waals surface area (Å²) >= 11 is 0. The minimum atomic E-state index is -0.561. The lowest BCUT2D eigenvalue weighted by Gasteiger charge is -2.34. The number of ether oxygens (including phenoxy) is 1. The van der Waals surface area contributed by atoms with Gasteiger partial charge in [0.15, 0.2) is 0 Å². The Morgan fingerprint density at radius 3 is 2.71 bits per heavy atom. The van der Waals surface area contributed by atoms with Crippen LogP contribution in [0.1, 0.15) is 55.5 Å². The van der Waals surface area contributed by atoms with Gasteiger partial charge in [-0.25, -0.2) is 0 Å². The van der Waals surface area contributed by atoms with E-state index in [0.717, 1.165) is 18.4 Å². The number of esters is 1. The molecule has 6 nitrogen and oxygen atoms in total. The highest BCUT2D eigenvalue weighted by atomic mass is 16.5. The molecule has 2 fully saturated rings. The molecule has 4 rings (SSSR count). The van der Waals surface area contributed by atoms with Crippen molar-refractivity contribution in [2.24, 2.45) is 5.41 Å². The fraction of sp³-hybridized carbons (Fsp3) is 0.500. The quantitative estimate of drug-likeness (QED) is 0.721. The van der Waals surface area contributed by atoms with Crippen molar-refractivity contribution in [3.63, 3.8) is 0 Å². The Morgan fingerprint density at radius 2 is 2.00 bits per heavy atom. The zero-order valence-corrected chi connectivity index (χ0v) is 16.5. The summed E-state index contributed by atoms with van der Waals surface area (Å²) in [6, 6.07) is 10.1. The summed E-state index contributed by atoms with van der Waals surface area (Å²) in [5.74, 6) is -0.172. The number of fused-ring (bicyclic) bond motifs is 2. The first-order chi connectivity index (χ1) is 13.6. The van der Waals surface area contributed by atoms with Crippen molar-refractivity contribution < 1.29 is 14.3 Å². The lowest BCUT2D eigenvalue weighted by atomic mass is 9.72. The lowest BCUT2D eigenvalue weighted by molar-refractivity contribution is -0.157. The average molecular weight is 381 g/mol. The highest BCUT2D eigenvalue weighted by Crippen LogP contribution is 2.52. The van der Waals surface area contributed by atoms with Crippen molar-refractivity contribution in [1.29, 1.82) is 0 Å². The van der Waals surface area contributed by atoms with Gasteiger partial charge in [0.1, 0.15) is 0 Å². The summed E-state index contributed by atoms with van der Waals surface area (Å²) in [5, 5.41) is 4.37. The predicted octanol–water partition coefficient (Wildman–Crippen LogP) is 3.27. The van der Waals surface area contributed by atoms with Gasteiger partial charge in [-0.3, -0.25) is 14.3 Å². The van der Waals surface area contributed by atoms with Gasteiger partial charge < -0.3 is 9.64 Å². The SMILES string of the molecule is CCOC(=O)[C@@]1(CC)C[C@H]2CC[C@@H]1N2C(=O)c1cnn(Cc2ccccc2)c1. The zero-order chi connectivity index (χ0) is 19.7. The van der Waals surface area contributed by atoms with Crippen LogP contribution in [0, 0.1) is 5.41 Å². The number of nitrogens with zero attached hydrogens (tertiary/aromatic N) is 3. The average Bonchev–Trinajstić information content (AvgIpc) is 3.42. The molecule has 28 heavy (non-hydrogen) atoms. The predicted molar refractivity (Wildman–Crippen MR) is 105 cm³/mol. The van der Waals surface area contributed by atoms with Gasteiger partial charge in [0.25, 0.3) is 5.91 Å². The third-order valence-corrected chi connectivity index (χ3v) is 6.36. The second kappa shape index (κ2) is 7.41. The lowest BCUT2D eigenvalue weighted by Crippen LogP contribution is -2.45. The van der Waals surface area contributed by atoms with Gasteiger partial charge in [-0.2, -0.15) is 5.10 Å². The fourth-order valence-electron chi connectivity index (χ4n) is 4.99. The number of rotatable bonds is 6. The van der Waals surface area contributed by atoms with E-state index in [4.69, 9.17) is 4.74 Å². The Labute approximate surface area is 165 Å². The van der Waals surface area contributed by atoms with E-state index >= 15 is 0 Å². The molecule has 2 saturated heterocycles. The molecule has 0 spiro atoms. The van der Waals surface area contributed by atoms with E-state index < -0.39 is 5.41 Å². The molecule has 0 radical (unpaired) electrons. The topological polar surface area (TPSA) is 64.4 Å².